The van der Waals surface area contributed by atoms with Crippen LogP contribution >= 0.6 is 0 Å². The summed E-state index contributed by atoms with van der Waals surface area (Å²) in [4.78, 5) is 0. The third kappa shape index (κ3) is 11.7. The molecule has 2 nitrogen and oxygen atoms in total. The molecule has 0 amide bonds. The van der Waals surface area contributed by atoms with Gasteiger partial charge in [-0.25, -0.2) is 0 Å². The fourth-order valence-electron chi connectivity index (χ4n) is 1.52. The average Bonchev–Trinajstić information content (AvgIpc) is 2.15. The molecule has 0 aromatic heterocycles. The molecule has 0 saturated carbocycles. The molecule has 0 atom stereocenters. The van der Waals surface area contributed by atoms with Gasteiger partial charge in [-0.1, -0.05) is 44.3 Å². The lowest BCUT2D eigenvalue weighted by atomic mass is 10.1. The van der Waals surface area contributed by atoms with Crippen LogP contribution in [0.3, 0.4) is 0 Å². The zero-order valence-corrected chi connectivity index (χ0v) is 9.54. The van der Waals surface area contributed by atoms with Crippen molar-refractivity contribution in [2.45, 2.75) is 64.5 Å². The highest BCUT2D eigenvalue weighted by molar-refractivity contribution is 4.76. The van der Waals surface area contributed by atoms with Gasteiger partial charge in [0, 0.05) is 0 Å². The van der Waals surface area contributed by atoms with Crippen LogP contribution in [0, 0.1) is 0 Å². The van der Waals surface area contributed by atoms with Gasteiger partial charge >= 0.3 is 0 Å². The highest BCUT2D eigenvalue weighted by Gasteiger charge is 1.94. The summed E-state index contributed by atoms with van der Waals surface area (Å²) in [7, 11) is 0. The van der Waals surface area contributed by atoms with Gasteiger partial charge < -0.3 is 11.5 Å². The Morgan fingerprint density at radius 3 is 2.07 bits per heavy atom. The minimum absolute atomic E-state index is 0.107. The SMILES string of the molecule is CC=CCCCCCCCCC(N)N. The second-order valence-corrected chi connectivity index (χ2v) is 3.93. The first kappa shape index (κ1) is 13.7. The largest absolute Gasteiger partial charge is 0.316 e. The maximum Gasteiger partial charge on any atom is 0.0520 e. The van der Waals surface area contributed by atoms with Crippen molar-refractivity contribution >= 4 is 0 Å². The van der Waals surface area contributed by atoms with E-state index in [0.29, 0.717) is 0 Å². The maximum atomic E-state index is 5.46. The summed E-state index contributed by atoms with van der Waals surface area (Å²) in [6, 6.07) is 0. The Morgan fingerprint density at radius 2 is 1.50 bits per heavy atom. The van der Waals surface area contributed by atoms with Crippen molar-refractivity contribution in [3.05, 3.63) is 12.2 Å². The number of unbranched alkanes of at least 4 members (excludes halogenated alkanes) is 6. The lowest BCUT2D eigenvalue weighted by Gasteiger charge is -2.04. The summed E-state index contributed by atoms with van der Waals surface area (Å²) in [5.74, 6) is 0. The van der Waals surface area contributed by atoms with E-state index in [4.69, 9.17) is 11.5 Å². The van der Waals surface area contributed by atoms with Crippen molar-refractivity contribution in [2.24, 2.45) is 11.5 Å². The summed E-state index contributed by atoms with van der Waals surface area (Å²) in [5.41, 5.74) is 10.9. The van der Waals surface area contributed by atoms with Crippen LogP contribution in [0.5, 0.6) is 0 Å². The van der Waals surface area contributed by atoms with Gasteiger partial charge in [0.05, 0.1) is 6.17 Å². The molecule has 14 heavy (non-hydrogen) atoms. The van der Waals surface area contributed by atoms with E-state index < -0.39 is 0 Å². The molecule has 2 heteroatoms. The standard InChI is InChI=1S/C12H26N2/c1-2-3-4-5-6-7-8-9-10-11-12(13)14/h2-3,12H,4-11,13-14H2,1H3. The molecule has 0 bridgehead atoms. The number of hydrogen-bond donors (Lipinski definition) is 2. The van der Waals surface area contributed by atoms with E-state index in [1.165, 1.54) is 44.9 Å². The van der Waals surface area contributed by atoms with Gasteiger partial charge in [0.25, 0.3) is 0 Å². The molecular formula is C12H26N2. The summed E-state index contributed by atoms with van der Waals surface area (Å²) in [5, 5.41) is 0. The molecule has 0 aliphatic rings. The predicted molar refractivity (Wildman–Crippen MR) is 63.9 cm³/mol. The molecular weight excluding hydrogens is 172 g/mol. The number of rotatable bonds is 9. The van der Waals surface area contributed by atoms with Crippen molar-refractivity contribution in [3.8, 4) is 0 Å². The van der Waals surface area contributed by atoms with Gasteiger partial charge in [-0.3, -0.25) is 0 Å². The Hall–Kier alpha value is -0.340. The van der Waals surface area contributed by atoms with Crippen molar-refractivity contribution in [1.82, 2.24) is 0 Å². The van der Waals surface area contributed by atoms with Crippen molar-refractivity contribution in [2.75, 3.05) is 0 Å². The molecule has 84 valence electrons. The fraction of sp³-hybridized carbons (Fsp3) is 0.833. The third-order valence-corrected chi connectivity index (χ3v) is 2.39. The second kappa shape index (κ2) is 10.7. The second-order valence-electron chi connectivity index (χ2n) is 3.93. The van der Waals surface area contributed by atoms with E-state index in [-0.39, 0.29) is 6.17 Å². The van der Waals surface area contributed by atoms with Gasteiger partial charge in [0.15, 0.2) is 0 Å². The van der Waals surface area contributed by atoms with Gasteiger partial charge in [-0.15, -0.1) is 0 Å². The number of hydrogen-bond acceptors (Lipinski definition) is 2. The molecule has 0 radical (unpaired) electrons. The molecule has 0 unspecified atom stereocenters. The van der Waals surface area contributed by atoms with Crippen LogP contribution in [-0.2, 0) is 0 Å². The van der Waals surface area contributed by atoms with Crippen LogP contribution in [0.4, 0.5) is 0 Å². The third-order valence-electron chi connectivity index (χ3n) is 2.39. The molecule has 0 spiro atoms. The van der Waals surface area contributed by atoms with E-state index in [9.17, 15) is 0 Å². The van der Waals surface area contributed by atoms with E-state index >= 15 is 0 Å². The smallest absolute Gasteiger partial charge is 0.0520 e. The van der Waals surface area contributed by atoms with Crippen LogP contribution in [0.15, 0.2) is 12.2 Å². The Labute approximate surface area is 88.7 Å². The fourth-order valence-corrected chi connectivity index (χ4v) is 1.52. The Morgan fingerprint density at radius 1 is 0.929 bits per heavy atom. The van der Waals surface area contributed by atoms with Crippen LogP contribution in [-0.4, -0.2) is 6.17 Å². The molecule has 0 aromatic rings. The number of allylic oxidation sites excluding steroid dienone is 2. The summed E-state index contributed by atoms with van der Waals surface area (Å²) >= 11 is 0. The monoisotopic (exact) mass is 198 g/mol. The minimum atomic E-state index is -0.107. The number of nitrogens with two attached hydrogens (primary N) is 2. The first-order valence-corrected chi connectivity index (χ1v) is 5.89. The molecule has 0 fully saturated rings. The van der Waals surface area contributed by atoms with E-state index in [2.05, 4.69) is 19.1 Å². The lowest BCUT2D eigenvalue weighted by molar-refractivity contribution is 0.540. The quantitative estimate of drug-likeness (QED) is 0.340. The van der Waals surface area contributed by atoms with Gasteiger partial charge in [0.2, 0.25) is 0 Å². The lowest BCUT2D eigenvalue weighted by Crippen LogP contribution is -2.29. The van der Waals surface area contributed by atoms with Gasteiger partial charge in [-0.05, 0) is 26.2 Å². The van der Waals surface area contributed by atoms with Crippen LogP contribution < -0.4 is 11.5 Å². The molecule has 0 rings (SSSR count). The first-order chi connectivity index (χ1) is 6.77. The van der Waals surface area contributed by atoms with Crippen LogP contribution in [0.2, 0.25) is 0 Å². The predicted octanol–water partition coefficient (Wildman–Crippen LogP) is 2.93. The zero-order chi connectivity index (χ0) is 10.6. The van der Waals surface area contributed by atoms with Crippen molar-refractivity contribution < 1.29 is 0 Å². The van der Waals surface area contributed by atoms with Crippen LogP contribution in [0.1, 0.15) is 58.3 Å². The molecule has 0 aliphatic carbocycles. The van der Waals surface area contributed by atoms with Gasteiger partial charge in [-0.2, -0.15) is 0 Å². The Kier molecular flexibility index (Phi) is 10.5. The molecule has 0 aliphatic heterocycles. The summed E-state index contributed by atoms with van der Waals surface area (Å²) in [6.45, 7) is 2.08. The van der Waals surface area contributed by atoms with Crippen LogP contribution in [0.25, 0.3) is 0 Å². The minimum Gasteiger partial charge on any atom is -0.316 e. The van der Waals surface area contributed by atoms with E-state index in [0.717, 1.165) is 6.42 Å². The molecule has 0 saturated heterocycles. The van der Waals surface area contributed by atoms with Crippen molar-refractivity contribution in [1.29, 1.82) is 0 Å². The molecule has 4 N–H and O–H groups in total. The highest BCUT2D eigenvalue weighted by atomic mass is 14.8. The normalized spacial score (nSPS) is 11.7. The van der Waals surface area contributed by atoms with E-state index in [1.807, 2.05) is 0 Å². The Bertz CT molecular complexity index is 130. The van der Waals surface area contributed by atoms with E-state index in [1.54, 1.807) is 0 Å². The Balaban J connectivity index is 2.92. The van der Waals surface area contributed by atoms with Gasteiger partial charge in [0.1, 0.15) is 0 Å². The highest BCUT2D eigenvalue weighted by Crippen LogP contribution is 2.08. The van der Waals surface area contributed by atoms with Crippen molar-refractivity contribution in [3.63, 3.8) is 0 Å². The molecule has 0 heterocycles. The topological polar surface area (TPSA) is 52.0 Å². The molecule has 0 aromatic carbocycles. The first-order valence-electron chi connectivity index (χ1n) is 5.89. The maximum absolute atomic E-state index is 5.46. The zero-order valence-electron chi connectivity index (χ0n) is 9.54. The summed E-state index contributed by atoms with van der Waals surface area (Å²) in [6.07, 6.45) is 14.3. The summed E-state index contributed by atoms with van der Waals surface area (Å²) < 4.78 is 0. The average molecular weight is 198 g/mol.